The highest BCUT2D eigenvalue weighted by Crippen LogP contribution is 2.19. The Morgan fingerprint density at radius 1 is 1.12 bits per heavy atom. The monoisotopic (exact) mass is 575 g/mol. The summed E-state index contributed by atoms with van der Waals surface area (Å²) in [4.78, 5) is 21.4. The van der Waals surface area contributed by atoms with Gasteiger partial charge in [-0.1, -0.05) is 43.7 Å². The number of aryl methyl sites for hydroxylation is 1. The van der Waals surface area contributed by atoms with E-state index in [1.165, 1.54) is 5.56 Å². The number of guanidine groups is 1. The molecule has 0 bridgehead atoms. The zero-order chi connectivity index (χ0) is 23.6. The fraction of sp³-hybridized carbons (Fsp3) is 0.346. The molecule has 1 atom stereocenters. The molecule has 3 rings (SSSR count). The first kappa shape index (κ1) is 27.4. The minimum absolute atomic E-state index is 0. The Balaban J connectivity index is 0.00000408. The van der Waals surface area contributed by atoms with Gasteiger partial charge in [-0.25, -0.2) is 9.98 Å². The average molecular weight is 575 g/mol. The van der Waals surface area contributed by atoms with Crippen molar-refractivity contribution in [2.75, 3.05) is 11.9 Å². The molecule has 2 aromatic carbocycles. The van der Waals surface area contributed by atoms with Gasteiger partial charge >= 0.3 is 0 Å². The number of rotatable bonds is 9. The zero-order valence-electron chi connectivity index (χ0n) is 20.2. The third-order valence-electron chi connectivity index (χ3n) is 5.31. The summed E-state index contributed by atoms with van der Waals surface area (Å²) >= 11 is 0. The number of benzene rings is 2. The van der Waals surface area contributed by atoms with Crippen LogP contribution in [0, 0.1) is 12.8 Å². The Kier molecular flexibility index (Phi) is 11.1. The number of nitrogens with one attached hydrogen (secondary N) is 3. The van der Waals surface area contributed by atoms with Gasteiger partial charge in [0.1, 0.15) is 6.26 Å². The van der Waals surface area contributed by atoms with Gasteiger partial charge in [0.15, 0.2) is 5.96 Å². The summed E-state index contributed by atoms with van der Waals surface area (Å²) in [6.07, 6.45) is 2.47. The van der Waals surface area contributed by atoms with Crippen LogP contribution in [0.15, 0.2) is 64.2 Å². The molecule has 8 heteroatoms. The highest BCUT2D eigenvalue weighted by molar-refractivity contribution is 14.0. The van der Waals surface area contributed by atoms with E-state index in [9.17, 15) is 4.79 Å². The van der Waals surface area contributed by atoms with Crippen molar-refractivity contribution in [2.24, 2.45) is 10.9 Å². The van der Waals surface area contributed by atoms with Crippen LogP contribution in [0.5, 0.6) is 0 Å². The van der Waals surface area contributed by atoms with Gasteiger partial charge in [-0.2, -0.15) is 0 Å². The summed E-state index contributed by atoms with van der Waals surface area (Å²) in [7, 11) is 0. The molecule has 0 saturated heterocycles. The lowest BCUT2D eigenvalue weighted by Gasteiger charge is -2.12. The van der Waals surface area contributed by atoms with Crippen LogP contribution < -0.4 is 16.0 Å². The highest BCUT2D eigenvalue weighted by Gasteiger charge is 2.11. The van der Waals surface area contributed by atoms with Gasteiger partial charge in [0.05, 0.1) is 18.8 Å². The second-order valence-corrected chi connectivity index (χ2v) is 8.06. The smallest absolute Gasteiger partial charge is 0.227 e. The number of nitrogens with zero attached hydrogens (tertiary/aromatic N) is 2. The van der Waals surface area contributed by atoms with Crippen molar-refractivity contribution in [1.29, 1.82) is 0 Å². The number of halogens is 1. The second-order valence-electron chi connectivity index (χ2n) is 8.06. The van der Waals surface area contributed by atoms with Crippen molar-refractivity contribution in [2.45, 2.75) is 47.2 Å². The minimum atomic E-state index is -0.0145. The fourth-order valence-electron chi connectivity index (χ4n) is 3.10. The molecule has 3 N–H and O–H groups in total. The van der Waals surface area contributed by atoms with Crippen LogP contribution >= 0.6 is 24.0 Å². The first-order valence-corrected chi connectivity index (χ1v) is 11.4. The standard InChI is InChI=1S/C26H33N5O2.HI/c1-5-19(4)24(32)30-22-9-7-8-20(14-22)15-28-26(27-6-2)29-16-23-17-33-25(31-23)21-12-10-18(3)11-13-21;/h7-14,17,19H,5-6,15-16H2,1-4H3,(H,30,32)(H2,27,28,29);1H. The molecule has 0 radical (unpaired) electrons. The predicted molar refractivity (Wildman–Crippen MR) is 148 cm³/mol. The Bertz CT molecular complexity index is 1080. The summed E-state index contributed by atoms with van der Waals surface area (Å²) in [6.45, 7) is 9.72. The van der Waals surface area contributed by atoms with Gasteiger partial charge in [-0.15, -0.1) is 24.0 Å². The Morgan fingerprint density at radius 2 is 1.88 bits per heavy atom. The molecule has 0 saturated carbocycles. The number of aromatic nitrogens is 1. The van der Waals surface area contributed by atoms with E-state index < -0.39 is 0 Å². The predicted octanol–water partition coefficient (Wildman–Crippen LogP) is 5.51. The lowest BCUT2D eigenvalue weighted by Crippen LogP contribution is -2.36. The van der Waals surface area contributed by atoms with Crippen LogP contribution in [0.4, 0.5) is 5.69 Å². The highest BCUT2D eigenvalue weighted by atomic mass is 127. The molecule has 7 nitrogen and oxygen atoms in total. The maximum atomic E-state index is 12.2. The van der Waals surface area contributed by atoms with Gasteiger partial charge in [0.2, 0.25) is 11.8 Å². The van der Waals surface area contributed by atoms with Crippen LogP contribution in [0.3, 0.4) is 0 Å². The summed E-state index contributed by atoms with van der Waals surface area (Å²) in [5.41, 5.74) is 4.75. The molecule has 3 aromatic rings. The average Bonchev–Trinajstić information content (AvgIpc) is 3.30. The Hall–Kier alpha value is -2.88. The molecule has 1 aromatic heterocycles. The minimum Gasteiger partial charge on any atom is -0.444 e. The van der Waals surface area contributed by atoms with E-state index >= 15 is 0 Å². The first-order valence-electron chi connectivity index (χ1n) is 11.4. The molecular formula is C26H34IN5O2. The van der Waals surface area contributed by atoms with Gasteiger partial charge in [-0.3, -0.25) is 4.79 Å². The van der Waals surface area contributed by atoms with Gasteiger partial charge in [0.25, 0.3) is 0 Å². The van der Waals surface area contributed by atoms with E-state index in [-0.39, 0.29) is 35.8 Å². The van der Waals surface area contributed by atoms with Crippen molar-refractivity contribution in [3.8, 4) is 11.5 Å². The number of aliphatic imine (C=N–C) groups is 1. The zero-order valence-corrected chi connectivity index (χ0v) is 22.6. The largest absolute Gasteiger partial charge is 0.444 e. The van der Waals surface area contributed by atoms with Crippen LogP contribution in [0.25, 0.3) is 11.5 Å². The number of hydrogen-bond donors (Lipinski definition) is 3. The molecule has 1 heterocycles. The third kappa shape index (κ3) is 8.16. The molecule has 0 fully saturated rings. The Labute approximate surface area is 218 Å². The molecule has 0 spiro atoms. The van der Waals surface area contributed by atoms with Crippen molar-refractivity contribution in [3.05, 3.63) is 71.6 Å². The van der Waals surface area contributed by atoms with Crippen LogP contribution in [0.1, 0.15) is 44.0 Å². The van der Waals surface area contributed by atoms with Crippen molar-refractivity contribution < 1.29 is 9.21 Å². The van der Waals surface area contributed by atoms with Crippen molar-refractivity contribution in [1.82, 2.24) is 15.6 Å². The van der Waals surface area contributed by atoms with Gasteiger partial charge in [-0.05, 0) is 50.1 Å². The summed E-state index contributed by atoms with van der Waals surface area (Å²) in [5.74, 6) is 1.31. The van der Waals surface area contributed by atoms with Crippen LogP contribution in [-0.4, -0.2) is 23.4 Å². The lowest BCUT2D eigenvalue weighted by molar-refractivity contribution is -0.119. The molecule has 0 aliphatic heterocycles. The number of hydrogen-bond acceptors (Lipinski definition) is 4. The molecule has 1 unspecified atom stereocenters. The topological polar surface area (TPSA) is 91.5 Å². The molecule has 34 heavy (non-hydrogen) atoms. The second kappa shape index (κ2) is 13.7. The maximum absolute atomic E-state index is 12.2. The number of amides is 1. The quantitative estimate of drug-likeness (QED) is 0.178. The summed E-state index contributed by atoms with van der Waals surface area (Å²) in [6, 6.07) is 15.9. The van der Waals surface area contributed by atoms with Crippen LogP contribution in [0.2, 0.25) is 0 Å². The molecule has 1 amide bonds. The van der Waals surface area contributed by atoms with Crippen molar-refractivity contribution >= 4 is 41.5 Å². The SMILES string of the molecule is CCNC(=NCc1cccc(NC(=O)C(C)CC)c1)NCc1coc(-c2ccc(C)cc2)n1.I. The van der Waals surface area contributed by atoms with E-state index in [0.29, 0.717) is 24.9 Å². The lowest BCUT2D eigenvalue weighted by atomic mass is 10.1. The molecular weight excluding hydrogens is 541 g/mol. The first-order chi connectivity index (χ1) is 16.0. The van der Waals surface area contributed by atoms with E-state index in [0.717, 1.165) is 35.5 Å². The molecule has 0 aliphatic carbocycles. The normalized spacial score (nSPS) is 11.9. The maximum Gasteiger partial charge on any atom is 0.227 e. The van der Waals surface area contributed by atoms with E-state index in [2.05, 4.69) is 32.9 Å². The van der Waals surface area contributed by atoms with E-state index in [4.69, 9.17) is 4.42 Å². The fourth-order valence-corrected chi connectivity index (χ4v) is 3.10. The third-order valence-corrected chi connectivity index (χ3v) is 5.31. The Morgan fingerprint density at radius 3 is 2.59 bits per heavy atom. The number of anilines is 1. The number of oxazole rings is 1. The van der Waals surface area contributed by atoms with E-state index in [1.54, 1.807) is 6.26 Å². The van der Waals surface area contributed by atoms with Gasteiger partial charge < -0.3 is 20.4 Å². The molecule has 0 aliphatic rings. The summed E-state index contributed by atoms with van der Waals surface area (Å²) in [5, 5.41) is 9.52. The number of carbonyl (C=O) groups excluding carboxylic acids is 1. The van der Waals surface area contributed by atoms with E-state index in [1.807, 2.05) is 69.3 Å². The number of carbonyl (C=O) groups is 1. The van der Waals surface area contributed by atoms with Crippen LogP contribution in [-0.2, 0) is 17.9 Å². The van der Waals surface area contributed by atoms with Crippen molar-refractivity contribution in [3.63, 3.8) is 0 Å². The molecule has 182 valence electrons. The van der Waals surface area contributed by atoms with Gasteiger partial charge in [0, 0.05) is 23.7 Å². The summed E-state index contributed by atoms with van der Waals surface area (Å²) < 4.78 is 5.64.